The highest BCUT2D eigenvalue weighted by molar-refractivity contribution is 5.33. The van der Waals surface area contributed by atoms with E-state index in [4.69, 9.17) is 9.26 Å². The van der Waals surface area contributed by atoms with Crippen LogP contribution in [0.1, 0.15) is 42.5 Å². The van der Waals surface area contributed by atoms with Gasteiger partial charge in [0.15, 0.2) is 5.82 Å². The van der Waals surface area contributed by atoms with Gasteiger partial charge in [-0.2, -0.15) is 4.98 Å². The summed E-state index contributed by atoms with van der Waals surface area (Å²) in [6.07, 6.45) is 4.35. The number of aromatic nitrogens is 2. The molecule has 0 aliphatic carbocycles. The van der Waals surface area contributed by atoms with Crippen LogP contribution in [0.2, 0.25) is 0 Å². The zero-order valence-corrected chi connectivity index (χ0v) is 11.0. The van der Waals surface area contributed by atoms with Gasteiger partial charge >= 0.3 is 0 Å². The van der Waals surface area contributed by atoms with Crippen LogP contribution in [-0.4, -0.2) is 27.5 Å². The minimum Gasteiger partial charge on any atom is -0.508 e. The molecule has 1 aromatic carbocycles. The maximum atomic E-state index is 9.77. The highest BCUT2D eigenvalue weighted by atomic mass is 16.5. The van der Waals surface area contributed by atoms with Crippen molar-refractivity contribution in [2.75, 3.05) is 0 Å². The van der Waals surface area contributed by atoms with Crippen molar-refractivity contribution in [1.29, 1.82) is 0 Å². The van der Waals surface area contributed by atoms with Crippen molar-refractivity contribution in [3.63, 3.8) is 0 Å². The minimum absolute atomic E-state index is 0.260. The van der Waals surface area contributed by atoms with Crippen molar-refractivity contribution in [2.24, 2.45) is 0 Å². The standard InChI is InChI=1S/C15H16N2O3/c18-12-4-2-1-3-9(12)7-14-16-15(17-20-14)11-8-10-5-6-13(11)19-10/h1-4,10-11,13,18H,5-8H2. The highest BCUT2D eigenvalue weighted by Gasteiger charge is 2.43. The Kier molecular flexibility index (Phi) is 2.73. The lowest BCUT2D eigenvalue weighted by Crippen LogP contribution is -2.15. The number of ether oxygens (including phenoxy) is 1. The van der Waals surface area contributed by atoms with E-state index < -0.39 is 0 Å². The summed E-state index contributed by atoms with van der Waals surface area (Å²) in [5.41, 5.74) is 0.798. The van der Waals surface area contributed by atoms with Crippen molar-refractivity contribution in [1.82, 2.24) is 10.1 Å². The van der Waals surface area contributed by atoms with Crippen LogP contribution in [0.4, 0.5) is 0 Å². The number of nitrogens with zero attached hydrogens (tertiary/aromatic N) is 2. The van der Waals surface area contributed by atoms with Crippen molar-refractivity contribution >= 4 is 0 Å². The van der Waals surface area contributed by atoms with Crippen molar-refractivity contribution < 1.29 is 14.4 Å². The first-order chi connectivity index (χ1) is 9.79. The predicted molar refractivity (Wildman–Crippen MR) is 70.5 cm³/mol. The number of benzene rings is 1. The fourth-order valence-electron chi connectivity index (χ4n) is 3.22. The average molecular weight is 272 g/mol. The molecule has 104 valence electrons. The van der Waals surface area contributed by atoms with Gasteiger partial charge in [0.2, 0.25) is 5.89 Å². The molecule has 2 aliphatic heterocycles. The van der Waals surface area contributed by atoms with Crippen LogP contribution in [0, 0.1) is 0 Å². The lowest BCUT2D eigenvalue weighted by molar-refractivity contribution is 0.0996. The van der Waals surface area contributed by atoms with Gasteiger partial charge < -0.3 is 14.4 Å². The number of phenols is 1. The van der Waals surface area contributed by atoms with Gasteiger partial charge in [-0.05, 0) is 25.3 Å². The summed E-state index contributed by atoms with van der Waals surface area (Å²) in [4.78, 5) is 4.48. The second kappa shape index (κ2) is 4.59. The van der Waals surface area contributed by atoms with Crippen molar-refractivity contribution in [3.05, 3.63) is 41.5 Å². The van der Waals surface area contributed by atoms with E-state index in [1.807, 2.05) is 12.1 Å². The zero-order chi connectivity index (χ0) is 13.5. The number of para-hydroxylation sites is 1. The Labute approximate surface area is 116 Å². The summed E-state index contributed by atoms with van der Waals surface area (Å²) in [7, 11) is 0. The first kappa shape index (κ1) is 11.9. The highest BCUT2D eigenvalue weighted by Crippen LogP contribution is 2.43. The van der Waals surface area contributed by atoms with E-state index in [1.54, 1.807) is 12.1 Å². The van der Waals surface area contributed by atoms with E-state index >= 15 is 0 Å². The maximum Gasteiger partial charge on any atom is 0.231 e. The van der Waals surface area contributed by atoms with Crippen molar-refractivity contribution in [2.45, 2.75) is 43.8 Å². The molecule has 0 radical (unpaired) electrons. The van der Waals surface area contributed by atoms with Gasteiger partial charge in [-0.1, -0.05) is 23.4 Å². The Morgan fingerprint density at radius 1 is 1.25 bits per heavy atom. The summed E-state index contributed by atoms with van der Waals surface area (Å²) in [5.74, 6) is 1.83. The second-order valence-corrected chi connectivity index (χ2v) is 5.57. The van der Waals surface area contributed by atoms with Crippen LogP contribution in [-0.2, 0) is 11.2 Å². The Hall–Kier alpha value is -1.88. The molecule has 5 nitrogen and oxygen atoms in total. The van der Waals surface area contributed by atoms with Crippen LogP contribution >= 0.6 is 0 Å². The Bertz CT molecular complexity index is 625. The van der Waals surface area contributed by atoms with Gasteiger partial charge in [-0.15, -0.1) is 0 Å². The van der Waals surface area contributed by atoms with Gasteiger partial charge in [-0.25, -0.2) is 0 Å². The van der Waals surface area contributed by atoms with E-state index in [-0.39, 0.29) is 17.8 Å². The van der Waals surface area contributed by atoms with Crippen LogP contribution in [0.5, 0.6) is 5.75 Å². The first-order valence-electron chi connectivity index (χ1n) is 7.04. The topological polar surface area (TPSA) is 68.4 Å². The number of fused-ring (bicyclic) bond motifs is 2. The van der Waals surface area contributed by atoms with Gasteiger partial charge in [0.1, 0.15) is 5.75 Å². The predicted octanol–water partition coefficient (Wildman–Crippen LogP) is 2.40. The Balaban J connectivity index is 1.52. The largest absolute Gasteiger partial charge is 0.508 e. The zero-order valence-electron chi connectivity index (χ0n) is 11.0. The minimum atomic E-state index is 0.260. The molecule has 3 unspecified atom stereocenters. The summed E-state index contributed by atoms with van der Waals surface area (Å²) in [6.45, 7) is 0. The lowest BCUT2D eigenvalue weighted by Gasteiger charge is -2.13. The molecule has 1 N–H and O–H groups in total. The molecule has 2 aliphatic rings. The van der Waals surface area contributed by atoms with Crippen molar-refractivity contribution in [3.8, 4) is 5.75 Å². The van der Waals surface area contributed by atoms with E-state index in [2.05, 4.69) is 10.1 Å². The molecular weight excluding hydrogens is 256 g/mol. The summed E-state index contributed by atoms with van der Waals surface area (Å²) < 4.78 is 11.1. The van der Waals surface area contributed by atoms with E-state index in [0.717, 1.165) is 30.7 Å². The van der Waals surface area contributed by atoms with Crippen LogP contribution < -0.4 is 0 Å². The third kappa shape index (κ3) is 1.98. The molecule has 2 aromatic rings. The molecule has 2 fully saturated rings. The van der Waals surface area contributed by atoms with Gasteiger partial charge in [0, 0.05) is 5.56 Å². The summed E-state index contributed by atoms with van der Waals surface area (Å²) in [5, 5.41) is 13.9. The van der Waals surface area contributed by atoms with E-state index in [1.165, 1.54) is 0 Å². The Morgan fingerprint density at radius 2 is 2.15 bits per heavy atom. The number of hydrogen-bond donors (Lipinski definition) is 1. The lowest BCUT2D eigenvalue weighted by atomic mass is 9.89. The van der Waals surface area contributed by atoms with E-state index in [9.17, 15) is 5.11 Å². The monoisotopic (exact) mass is 272 g/mol. The summed E-state index contributed by atoms with van der Waals surface area (Å²) >= 11 is 0. The Morgan fingerprint density at radius 3 is 2.90 bits per heavy atom. The molecule has 0 saturated carbocycles. The second-order valence-electron chi connectivity index (χ2n) is 5.57. The molecule has 3 heterocycles. The smallest absolute Gasteiger partial charge is 0.231 e. The third-order valence-corrected chi connectivity index (χ3v) is 4.25. The fraction of sp³-hybridized carbons (Fsp3) is 0.467. The molecule has 0 amide bonds. The number of hydrogen-bond acceptors (Lipinski definition) is 5. The fourth-order valence-corrected chi connectivity index (χ4v) is 3.22. The SMILES string of the molecule is Oc1ccccc1Cc1nc(C2CC3CCC2O3)no1. The van der Waals surface area contributed by atoms with Gasteiger partial charge in [0.25, 0.3) is 0 Å². The molecule has 1 aromatic heterocycles. The van der Waals surface area contributed by atoms with E-state index in [0.29, 0.717) is 18.4 Å². The molecule has 0 spiro atoms. The molecule has 20 heavy (non-hydrogen) atoms. The van der Waals surface area contributed by atoms with Crippen LogP contribution in [0.15, 0.2) is 28.8 Å². The van der Waals surface area contributed by atoms with Crippen LogP contribution in [0.25, 0.3) is 0 Å². The molecular formula is C15H16N2O3. The average Bonchev–Trinajstić information content (AvgIpc) is 3.16. The number of rotatable bonds is 3. The maximum absolute atomic E-state index is 9.77. The third-order valence-electron chi connectivity index (χ3n) is 4.25. The van der Waals surface area contributed by atoms with Gasteiger partial charge in [0.05, 0.1) is 24.5 Å². The molecule has 4 rings (SSSR count). The quantitative estimate of drug-likeness (QED) is 0.929. The molecule has 3 atom stereocenters. The number of aromatic hydroxyl groups is 1. The normalized spacial score (nSPS) is 28.1. The molecule has 2 saturated heterocycles. The molecule has 5 heteroatoms. The van der Waals surface area contributed by atoms with Gasteiger partial charge in [-0.3, -0.25) is 0 Å². The molecule has 2 bridgehead atoms. The first-order valence-corrected chi connectivity index (χ1v) is 7.04. The van der Waals surface area contributed by atoms with Crippen LogP contribution in [0.3, 0.4) is 0 Å². The summed E-state index contributed by atoms with van der Waals surface area (Å²) in [6, 6.07) is 7.21. The number of phenolic OH excluding ortho intramolecular Hbond substituents is 1.